The Morgan fingerprint density at radius 1 is 0.939 bits per heavy atom. The molecule has 6 rings (SSSR count). The predicted octanol–water partition coefficient (Wildman–Crippen LogP) is 3.78. The minimum absolute atomic E-state index is 0.872. The molecule has 1 aromatic carbocycles. The number of hydrogen-bond donors (Lipinski definition) is 1. The second kappa shape index (κ2) is 9.45. The quantitative estimate of drug-likeness (QED) is 0.600. The Balaban J connectivity index is 1.12. The number of H-pyrrole nitrogens is 1. The topological polar surface area (TPSA) is 47.6 Å². The van der Waals surface area contributed by atoms with Gasteiger partial charge in [-0.05, 0) is 56.5 Å². The van der Waals surface area contributed by atoms with Gasteiger partial charge in [0.05, 0.1) is 18.9 Å². The number of aryl methyl sites for hydroxylation is 1. The van der Waals surface area contributed by atoms with Gasteiger partial charge in [0, 0.05) is 79.4 Å². The largest absolute Gasteiger partial charge is 0.379 e. The van der Waals surface area contributed by atoms with Crippen LogP contribution in [0, 0.1) is 0 Å². The van der Waals surface area contributed by atoms with Crippen LogP contribution >= 0.6 is 0 Å². The summed E-state index contributed by atoms with van der Waals surface area (Å²) < 4.78 is 5.46. The van der Waals surface area contributed by atoms with E-state index in [2.05, 4.69) is 56.1 Å². The van der Waals surface area contributed by atoms with Gasteiger partial charge in [0.25, 0.3) is 0 Å². The summed E-state index contributed by atoms with van der Waals surface area (Å²) in [7, 11) is 0. The van der Waals surface area contributed by atoms with Crippen molar-refractivity contribution in [3.05, 3.63) is 48.3 Å². The van der Waals surface area contributed by atoms with Crippen molar-refractivity contribution >= 4 is 16.6 Å². The van der Waals surface area contributed by atoms with Crippen LogP contribution in [0.15, 0.2) is 42.6 Å². The molecule has 1 saturated carbocycles. The van der Waals surface area contributed by atoms with Crippen LogP contribution in [0.4, 0.5) is 5.69 Å². The number of anilines is 1. The number of morpholine rings is 1. The molecule has 0 unspecified atom stereocenters. The third kappa shape index (κ3) is 4.79. The van der Waals surface area contributed by atoms with Crippen LogP contribution in [0.25, 0.3) is 22.2 Å². The standard InChI is InChI=1S/C27H35N5O/c1(11-30-16-18-33-19-17-30)2-22-20-25-26(29-22)9-10-28-27(25)21-3-5-23(6-4-21)31-12-14-32(15-13-31)24-7-8-24/h3-6,9-10,20,24,29H,1-2,7-8,11-19H2. The maximum atomic E-state index is 5.46. The van der Waals surface area contributed by atoms with Crippen LogP contribution in [-0.2, 0) is 11.2 Å². The van der Waals surface area contributed by atoms with Crippen molar-refractivity contribution in [3.8, 4) is 11.3 Å². The summed E-state index contributed by atoms with van der Waals surface area (Å²) in [5, 5.41) is 1.23. The highest BCUT2D eigenvalue weighted by molar-refractivity contribution is 5.93. The first kappa shape index (κ1) is 21.1. The number of benzene rings is 1. The van der Waals surface area contributed by atoms with E-state index < -0.39 is 0 Å². The number of aromatic amines is 1. The molecule has 33 heavy (non-hydrogen) atoms. The SMILES string of the molecule is c1cc2[nH]c(CCCN3CCOCC3)cc2c(-c2ccc(N3CCN(C4CC4)CC3)cc2)n1. The molecular weight excluding hydrogens is 410 g/mol. The molecule has 2 aromatic heterocycles. The zero-order chi connectivity index (χ0) is 22.0. The number of aromatic nitrogens is 2. The van der Waals surface area contributed by atoms with Crippen LogP contribution in [0.3, 0.4) is 0 Å². The number of hydrogen-bond acceptors (Lipinski definition) is 5. The van der Waals surface area contributed by atoms with E-state index in [4.69, 9.17) is 9.72 Å². The Kier molecular flexibility index (Phi) is 6.06. The van der Waals surface area contributed by atoms with Crippen molar-refractivity contribution < 1.29 is 4.74 Å². The third-order valence-electron chi connectivity index (χ3n) is 7.51. The van der Waals surface area contributed by atoms with Crippen LogP contribution < -0.4 is 4.90 Å². The molecule has 3 aliphatic rings. The summed E-state index contributed by atoms with van der Waals surface area (Å²) in [4.78, 5) is 16.1. The summed E-state index contributed by atoms with van der Waals surface area (Å²) in [6.07, 6.45) is 6.97. The zero-order valence-corrected chi connectivity index (χ0v) is 19.5. The Bertz CT molecular complexity index is 1060. The fourth-order valence-corrected chi connectivity index (χ4v) is 5.41. The van der Waals surface area contributed by atoms with Gasteiger partial charge in [-0.15, -0.1) is 0 Å². The van der Waals surface area contributed by atoms with Gasteiger partial charge in [0.2, 0.25) is 0 Å². The van der Waals surface area contributed by atoms with Gasteiger partial charge in [-0.1, -0.05) is 12.1 Å². The Labute approximate surface area is 196 Å². The van der Waals surface area contributed by atoms with Gasteiger partial charge in [-0.2, -0.15) is 0 Å². The van der Waals surface area contributed by atoms with E-state index in [1.807, 2.05) is 6.20 Å². The number of fused-ring (bicyclic) bond motifs is 1. The highest BCUT2D eigenvalue weighted by atomic mass is 16.5. The first-order chi connectivity index (χ1) is 16.3. The average molecular weight is 446 g/mol. The molecule has 3 aromatic rings. The summed E-state index contributed by atoms with van der Waals surface area (Å²) in [5.41, 5.74) is 6.09. The smallest absolute Gasteiger partial charge is 0.0795 e. The van der Waals surface area contributed by atoms with Crippen molar-refractivity contribution in [1.82, 2.24) is 19.8 Å². The molecule has 0 radical (unpaired) electrons. The molecule has 3 fully saturated rings. The number of rotatable bonds is 7. The summed E-state index contributed by atoms with van der Waals surface area (Å²) in [5.74, 6) is 0. The highest BCUT2D eigenvalue weighted by Crippen LogP contribution is 2.31. The van der Waals surface area contributed by atoms with Crippen molar-refractivity contribution in [2.75, 3.05) is 63.9 Å². The van der Waals surface area contributed by atoms with E-state index in [0.717, 1.165) is 70.5 Å². The van der Waals surface area contributed by atoms with E-state index in [0.29, 0.717) is 0 Å². The molecule has 2 aliphatic heterocycles. The molecule has 174 valence electrons. The van der Waals surface area contributed by atoms with E-state index in [1.54, 1.807) is 0 Å². The highest BCUT2D eigenvalue weighted by Gasteiger charge is 2.31. The van der Waals surface area contributed by atoms with Gasteiger partial charge in [-0.3, -0.25) is 14.8 Å². The average Bonchev–Trinajstić information content (AvgIpc) is 3.64. The molecule has 0 spiro atoms. The summed E-state index contributed by atoms with van der Waals surface area (Å²) in [6, 6.07) is 14.3. The van der Waals surface area contributed by atoms with Gasteiger partial charge >= 0.3 is 0 Å². The molecule has 1 aliphatic carbocycles. The lowest BCUT2D eigenvalue weighted by Gasteiger charge is -2.36. The maximum Gasteiger partial charge on any atom is 0.0795 e. The number of nitrogens with one attached hydrogen (secondary N) is 1. The van der Waals surface area contributed by atoms with Gasteiger partial charge in [0.1, 0.15) is 0 Å². The van der Waals surface area contributed by atoms with Crippen molar-refractivity contribution in [2.45, 2.75) is 31.7 Å². The number of pyridine rings is 1. The molecule has 0 atom stereocenters. The van der Waals surface area contributed by atoms with Crippen molar-refractivity contribution in [3.63, 3.8) is 0 Å². The van der Waals surface area contributed by atoms with Gasteiger partial charge in [-0.25, -0.2) is 0 Å². The monoisotopic (exact) mass is 445 g/mol. The van der Waals surface area contributed by atoms with Gasteiger partial charge < -0.3 is 14.6 Å². The normalized spacial score (nSPS) is 20.5. The Hall–Kier alpha value is -2.41. The van der Waals surface area contributed by atoms with E-state index in [9.17, 15) is 0 Å². The van der Waals surface area contributed by atoms with E-state index in [1.165, 1.54) is 53.8 Å². The first-order valence-corrected chi connectivity index (χ1v) is 12.7. The van der Waals surface area contributed by atoms with E-state index in [-0.39, 0.29) is 0 Å². The lowest BCUT2D eigenvalue weighted by atomic mass is 10.1. The lowest BCUT2D eigenvalue weighted by molar-refractivity contribution is 0.0374. The second-order valence-electron chi connectivity index (χ2n) is 9.77. The summed E-state index contributed by atoms with van der Waals surface area (Å²) in [6.45, 7) is 9.67. The molecule has 2 saturated heterocycles. The van der Waals surface area contributed by atoms with Gasteiger partial charge in [0.15, 0.2) is 0 Å². The van der Waals surface area contributed by atoms with Crippen LogP contribution in [0.5, 0.6) is 0 Å². The molecule has 4 heterocycles. The Morgan fingerprint density at radius 3 is 2.48 bits per heavy atom. The molecule has 0 amide bonds. The molecule has 6 heteroatoms. The van der Waals surface area contributed by atoms with Crippen molar-refractivity contribution in [1.29, 1.82) is 0 Å². The fraction of sp³-hybridized carbons (Fsp3) is 0.519. The van der Waals surface area contributed by atoms with Crippen LogP contribution in [-0.4, -0.2) is 84.8 Å². The first-order valence-electron chi connectivity index (χ1n) is 12.7. The fourth-order valence-electron chi connectivity index (χ4n) is 5.41. The second-order valence-corrected chi connectivity index (χ2v) is 9.77. The van der Waals surface area contributed by atoms with E-state index >= 15 is 0 Å². The van der Waals surface area contributed by atoms with Crippen molar-refractivity contribution in [2.24, 2.45) is 0 Å². The number of piperazine rings is 1. The number of nitrogens with zero attached hydrogens (tertiary/aromatic N) is 4. The maximum absolute atomic E-state index is 5.46. The molecule has 1 N–H and O–H groups in total. The minimum Gasteiger partial charge on any atom is -0.379 e. The summed E-state index contributed by atoms with van der Waals surface area (Å²) >= 11 is 0. The zero-order valence-electron chi connectivity index (χ0n) is 19.5. The minimum atomic E-state index is 0.872. The third-order valence-corrected chi connectivity index (χ3v) is 7.51. The predicted molar refractivity (Wildman–Crippen MR) is 134 cm³/mol. The molecule has 0 bridgehead atoms. The molecule has 6 nitrogen and oxygen atoms in total. The van der Waals surface area contributed by atoms with Crippen LogP contribution in [0.1, 0.15) is 25.0 Å². The lowest BCUT2D eigenvalue weighted by Crippen LogP contribution is -2.47. The van der Waals surface area contributed by atoms with Crippen LogP contribution in [0.2, 0.25) is 0 Å². The molecular formula is C27H35N5O. The Morgan fingerprint density at radius 2 is 1.73 bits per heavy atom. The number of ether oxygens (including phenoxy) is 1.